The zero-order valence-corrected chi connectivity index (χ0v) is 8.30. The van der Waals surface area contributed by atoms with Crippen molar-refractivity contribution in [3.8, 4) is 0 Å². The van der Waals surface area contributed by atoms with Crippen LogP contribution >= 0.6 is 11.6 Å². The fraction of sp³-hybridized carbons (Fsp3) is 0.500. The van der Waals surface area contributed by atoms with Crippen LogP contribution in [0.3, 0.4) is 0 Å². The molecule has 0 aliphatic carbocycles. The van der Waals surface area contributed by atoms with E-state index in [0.29, 0.717) is 5.92 Å². The summed E-state index contributed by atoms with van der Waals surface area (Å²) in [6, 6.07) is 3.77. The van der Waals surface area contributed by atoms with E-state index in [2.05, 4.69) is 18.8 Å². The third kappa shape index (κ3) is 2.21. The van der Waals surface area contributed by atoms with Crippen molar-refractivity contribution < 1.29 is 0 Å². The normalized spacial score (nSPS) is 10.7. The fourth-order valence-electron chi connectivity index (χ4n) is 1.35. The van der Waals surface area contributed by atoms with Gasteiger partial charge in [-0.25, -0.2) is 0 Å². The average molecular weight is 184 g/mol. The molecular weight excluding hydrogens is 170 g/mol. The van der Waals surface area contributed by atoms with Crippen molar-refractivity contribution >= 4 is 11.6 Å². The summed E-state index contributed by atoms with van der Waals surface area (Å²) < 4.78 is 0. The summed E-state index contributed by atoms with van der Waals surface area (Å²) >= 11 is 5.86. The van der Waals surface area contributed by atoms with Gasteiger partial charge < -0.3 is 0 Å². The monoisotopic (exact) mass is 183 g/mol. The molecule has 0 saturated carbocycles. The molecule has 0 fully saturated rings. The van der Waals surface area contributed by atoms with Gasteiger partial charge in [0.1, 0.15) is 0 Å². The van der Waals surface area contributed by atoms with Gasteiger partial charge in [0, 0.05) is 22.8 Å². The van der Waals surface area contributed by atoms with Crippen LogP contribution in [0.25, 0.3) is 0 Å². The maximum atomic E-state index is 5.86. The van der Waals surface area contributed by atoms with Crippen LogP contribution in [-0.4, -0.2) is 4.98 Å². The molecule has 0 aliphatic heterocycles. The summed E-state index contributed by atoms with van der Waals surface area (Å²) in [6.07, 6.45) is 4.03. The van der Waals surface area contributed by atoms with E-state index < -0.39 is 0 Å². The Morgan fingerprint density at radius 1 is 1.42 bits per heavy atom. The minimum Gasteiger partial charge on any atom is -0.261 e. The number of rotatable bonds is 3. The van der Waals surface area contributed by atoms with Crippen LogP contribution in [0.4, 0.5) is 0 Å². The Morgan fingerprint density at radius 3 is 2.58 bits per heavy atom. The molecule has 0 spiro atoms. The molecule has 66 valence electrons. The van der Waals surface area contributed by atoms with Crippen LogP contribution in [0, 0.1) is 0 Å². The largest absolute Gasteiger partial charge is 0.261 e. The minimum absolute atomic E-state index is 0.559. The molecule has 1 nitrogen and oxygen atoms in total. The third-order valence-corrected chi connectivity index (χ3v) is 2.38. The Hall–Kier alpha value is -0.560. The number of hydrogen-bond donors (Lipinski definition) is 0. The van der Waals surface area contributed by atoms with E-state index in [1.54, 1.807) is 6.20 Å². The lowest BCUT2D eigenvalue weighted by molar-refractivity contribution is 0.623. The van der Waals surface area contributed by atoms with Gasteiger partial charge in [0.2, 0.25) is 0 Å². The van der Waals surface area contributed by atoms with Gasteiger partial charge in [-0.15, -0.1) is 0 Å². The highest BCUT2D eigenvalue weighted by molar-refractivity contribution is 6.30. The lowest BCUT2D eigenvalue weighted by Crippen LogP contribution is -1.97. The number of pyridine rings is 1. The van der Waals surface area contributed by atoms with Gasteiger partial charge in [-0.2, -0.15) is 0 Å². The Morgan fingerprint density at radius 2 is 2.08 bits per heavy atom. The first-order valence-corrected chi connectivity index (χ1v) is 4.77. The molecule has 0 radical (unpaired) electrons. The maximum absolute atomic E-state index is 5.86. The highest BCUT2D eigenvalue weighted by Crippen LogP contribution is 2.22. The first-order valence-electron chi connectivity index (χ1n) is 4.39. The molecule has 1 aromatic heterocycles. The van der Waals surface area contributed by atoms with Crippen molar-refractivity contribution in [1.29, 1.82) is 0 Å². The molecular formula is C10H14ClN. The van der Waals surface area contributed by atoms with E-state index in [9.17, 15) is 0 Å². The van der Waals surface area contributed by atoms with Crippen LogP contribution in [0.5, 0.6) is 0 Å². The number of halogens is 1. The Balaban J connectivity index is 2.85. The van der Waals surface area contributed by atoms with E-state index >= 15 is 0 Å². The van der Waals surface area contributed by atoms with E-state index in [1.165, 1.54) is 0 Å². The second kappa shape index (κ2) is 4.46. The van der Waals surface area contributed by atoms with Gasteiger partial charge in [-0.05, 0) is 25.0 Å². The van der Waals surface area contributed by atoms with E-state index in [-0.39, 0.29) is 0 Å². The Labute approximate surface area is 78.8 Å². The lowest BCUT2D eigenvalue weighted by Gasteiger charge is -2.10. The Kier molecular flexibility index (Phi) is 3.54. The summed E-state index contributed by atoms with van der Waals surface area (Å²) in [7, 11) is 0. The van der Waals surface area contributed by atoms with Crippen molar-refractivity contribution in [1.82, 2.24) is 4.98 Å². The van der Waals surface area contributed by atoms with Crippen molar-refractivity contribution in [2.45, 2.75) is 32.6 Å². The van der Waals surface area contributed by atoms with Gasteiger partial charge in [-0.3, -0.25) is 4.98 Å². The first-order chi connectivity index (χ1) is 5.77. The molecule has 1 aromatic rings. The molecule has 0 saturated heterocycles. The zero-order chi connectivity index (χ0) is 8.97. The fourth-order valence-corrected chi connectivity index (χ4v) is 1.52. The van der Waals surface area contributed by atoms with Crippen LogP contribution in [0.15, 0.2) is 18.3 Å². The molecule has 0 bridgehead atoms. The van der Waals surface area contributed by atoms with Crippen LogP contribution in [0.2, 0.25) is 5.02 Å². The average Bonchev–Trinajstić information content (AvgIpc) is 2.07. The van der Waals surface area contributed by atoms with Gasteiger partial charge in [0.25, 0.3) is 0 Å². The molecule has 0 N–H and O–H groups in total. The summed E-state index contributed by atoms with van der Waals surface area (Å²) in [6.45, 7) is 4.35. The quantitative estimate of drug-likeness (QED) is 0.698. The summed E-state index contributed by atoms with van der Waals surface area (Å²) in [5.74, 6) is 0.559. The van der Waals surface area contributed by atoms with Gasteiger partial charge in [0.05, 0.1) is 0 Å². The summed E-state index contributed by atoms with van der Waals surface area (Å²) in [5, 5.41) is 0.784. The topological polar surface area (TPSA) is 12.9 Å². The van der Waals surface area contributed by atoms with Crippen LogP contribution < -0.4 is 0 Å². The van der Waals surface area contributed by atoms with Crippen molar-refractivity contribution in [2.24, 2.45) is 0 Å². The number of aromatic nitrogens is 1. The van der Waals surface area contributed by atoms with Crippen molar-refractivity contribution in [2.75, 3.05) is 0 Å². The number of nitrogens with zero attached hydrogens (tertiary/aromatic N) is 1. The predicted octanol–water partition coefficient (Wildman–Crippen LogP) is 3.64. The SMILES string of the molecule is CCC(CC)c1cc(Cl)ccn1. The van der Waals surface area contributed by atoms with Gasteiger partial charge in [-0.1, -0.05) is 25.4 Å². The van der Waals surface area contributed by atoms with Crippen LogP contribution in [-0.2, 0) is 0 Å². The smallest absolute Gasteiger partial charge is 0.0449 e. The lowest BCUT2D eigenvalue weighted by atomic mass is 9.99. The highest BCUT2D eigenvalue weighted by atomic mass is 35.5. The number of hydrogen-bond acceptors (Lipinski definition) is 1. The standard InChI is InChI=1S/C10H14ClN/c1-3-8(4-2)10-7-9(11)5-6-12-10/h5-8H,3-4H2,1-2H3. The minimum atomic E-state index is 0.559. The highest BCUT2D eigenvalue weighted by Gasteiger charge is 2.07. The van der Waals surface area contributed by atoms with Gasteiger partial charge in [0.15, 0.2) is 0 Å². The molecule has 0 aliphatic rings. The molecule has 1 rings (SSSR count). The second-order valence-electron chi connectivity index (χ2n) is 2.91. The first kappa shape index (κ1) is 9.53. The molecule has 0 aromatic carbocycles. The molecule has 0 unspecified atom stereocenters. The molecule has 0 atom stereocenters. The maximum Gasteiger partial charge on any atom is 0.0449 e. The van der Waals surface area contributed by atoms with E-state index in [0.717, 1.165) is 23.6 Å². The second-order valence-corrected chi connectivity index (χ2v) is 3.35. The predicted molar refractivity (Wildman–Crippen MR) is 52.6 cm³/mol. The van der Waals surface area contributed by atoms with Crippen LogP contribution in [0.1, 0.15) is 38.3 Å². The summed E-state index contributed by atoms with van der Waals surface area (Å²) in [4.78, 5) is 4.30. The molecule has 2 heteroatoms. The summed E-state index contributed by atoms with van der Waals surface area (Å²) in [5.41, 5.74) is 1.12. The van der Waals surface area contributed by atoms with Gasteiger partial charge >= 0.3 is 0 Å². The third-order valence-electron chi connectivity index (χ3n) is 2.15. The van der Waals surface area contributed by atoms with Crippen molar-refractivity contribution in [3.63, 3.8) is 0 Å². The molecule has 0 amide bonds. The van der Waals surface area contributed by atoms with Crippen molar-refractivity contribution in [3.05, 3.63) is 29.0 Å². The van der Waals surface area contributed by atoms with E-state index in [4.69, 9.17) is 11.6 Å². The molecule has 12 heavy (non-hydrogen) atoms. The Bertz CT molecular complexity index is 243. The molecule has 1 heterocycles. The van der Waals surface area contributed by atoms with E-state index in [1.807, 2.05) is 12.1 Å². The zero-order valence-electron chi connectivity index (χ0n) is 7.55.